The molecule has 4 nitrogen and oxygen atoms in total. The third kappa shape index (κ3) is 2.14. The summed E-state index contributed by atoms with van der Waals surface area (Å²) in [5.41, 5.74) is 9.58. The Morgan fingerprint density at radius 2 is 2.00 bits per heavy atom. The predicted molar refractivity (Wildman–Crippen MR) is 75.9 cm³/mol. The lowest BCUT2D eigenvalue weighted by molar-refractivity contribution is 0.622. The van der Waals surface area contributed by atoms with Crippen molar-refractivity contribution in [3.8, 4) is 16.9 Å². The van der Waals surface area contributed by atoms with Crippen molar-refractivity contribution in [3.63, 3.8) is 0 Å². The fraction of sp³-hybridized carbons (Fsp3) is 0.0667. The highest BCUT2D eigenvalue weighted by Crippen LogP contribution is 2.26. The fourth-order valence-electron chi connectivity index (χ4n) is 2.10. The number of nitrogens with zero attached hydrogens (tertiary/aromatic N) is 3. The van der Waals surface area contributed by atoms with Gasteiger partial charge in [0.25, 0.3) is 0 Å². The Bertz CT molecular complexity index is 764. The van der Waals surface area contributed by atoms with Crippen molar-refractivity contribution >= 4 is 5.69 Å². The molecule has 3 aromatic rings. The number of pyridine rings is 1. The maximum atomic E-state index is 13.2. The molecule has 2 aromatic heterocycles. The molecule has 2 heterocycles. The molecule has 0 aliphatic carbocycles. The zero-order valence-electron chi connectivity index (χ0n) is 10.9. The van der Waals surface area contributed by atoms with Gasteiger partial charge in [-0.15, -0.1) is 0 Å². The molecular weight excluding hydrogens is 255 g/mol. The maximum absolute atomic E-state index is 13.2. The van der Waals surface area contributed by atoms with Gasteiger partial charge in [0.2, 0.25) is 0 Å². The molecule has 0 spiro atoms. The number of hydrogen-bond donors (Lipinski definition) is 1. The summed E-state index contributed by atoms with van der Waals surface area (Å²) in [5.74, 6) is -0.410. The van der Waals surface area contributed by atoms with Gasteiger partial charge in [-0.3, -0.25) is 4.98 Å². The van der Waals surface area contributed by atoms with Crippen molar-refractivity contribution in [1.82, 2.24) is 14.8 Å². The van der Waals surface area contributed by atoms with Crippen LogP contribution in [0.25, 0.3) is 16.9 Å². The largest absolute Gasteiger partial charge is 0.396 e. The van der Waals surface area contributed by atoms with Crippen LogP contribution in [-0.2, 0) is 0 Å². The molecule has 0 atom stereocenters. The lowest BCUT2D eigenvalue weighted by atomic mass is 10.2. The molecule has 0 saturated heterocycles. The topological polar surface area (TPSA) is 56.7 Å². The number of aromatic nitrogens is 3. The van der Waals surface area contributed by atoms with E-state index in [0.717, 1.165) is 17.4 Å². The van der Waals surface area contributed by atoms with Gasteiger partial charge in [-0.1, -0.05) is 18.2 Å². The van der Waals surface area contributed by atoms with Crippen LogP contribution < -0.4 is 5.73 Å². The highest BCUT2D eigenvalue weighted by atomic mass is 19.1. The highest BCUT2D eigenvalue weighted by Gasteiger charge is 2.11. The fourth-order valence-corrected chi connectivity index (χ4v) is 2.10. The first-order valence-electron chi connectivity index (χ1n) is 6.17. The number of rotatable bonds is 2. The van der Waals surface area contributed by atoms with Crippen molar-refractivity contribution in [3.05, 3.63) is 60.3 Å². The van der Waals surface area contributed by atoms with E-state index < -0.39 is 5.82 Å². The monoisotopic (exact) mass is 268 g/mol. The van der Waals surface area contributed by atoms with Crippen LogP contribution in [-0.4, -0.2) is 14.8 Å². The van der Waals surface area contributed by atoms with E-state index in [1.165, 1.54) is 6.07 Å². The Morgan fingerprint density at radius 1 is 1.20 bits per heavy atom. The SMILES string of the molecule is Cc1ccccc1-n1cc(N)c(-c2cncc(F)c2)n1. The number of nitrogens with two attached hydrogens (primary N) is 1. The molecule has 20 heavy (non-hydrogen) atoms. The Balaban J connectivity index is 2.10. The van der Waals surface area contributed by atoms with Gasteiger partial charge in [0.1, 0.15) is 11.5 Å². The molecule has 0 radical (unpaired) electrons. The Labute approximate surface area is 115 Å². The first-order valence-corrected chi connectivity index (χ1v) is 6.17. The Kier molecular flexibility index (Phi) is 2.95. The minimum absolute atomic E-state index is 0.410. The van der Waals surface area contributed by atoms with Crippen molar-refractivity contribution in [2.24, 2.45) is 0 Å². The summed E-state index contributed by atoms with van der Waals surface area (Å²) in [6.07, 6.45) is 4.42. The maximum Gasteiger partial charge on any atom is 0.142 e. The number of aryl methyl sites for hydroxylation is 1. The summed E-state index contributed by atoms with van der Waals surface area (Å²) in [7, 11) is 0. The van der Waals surface area contributed by atoms with Gasteiger partial charge in [0.15, 0.2) is 0 Å². The standard InChI is InChI=1S/C15H13FN4/c1-10-4-2-3-5-14(10)20-9-13(17)15(19-20)11-6-12(16)8-18-7-11/h2-9H,17H2,1H3. The van der Waals surface area contributed by atoms with Crippen molar-refractivity contribution < 1.29 is 4.39 Å². The minimum atomic E-state index is -0.410. The second-order valence-electron chi connectivity index (χ2n) is 4.56. The molecule has 0 aliphatic rings. The summed E-state index contributed by atoms with van der Waals surface area (Å²) in [6, 6.07) is 9.21. The molecule has 0 fully saturated rings. The molecule has 0 aliphatic heterocycles. The zero-order valence-corrected chi connectivity index (χ0v) is 10.9. The van der Waals surface area contributed by atoms with E-state index in [0.29, 0.717) is 16.9 Å². The van der Waals surface area contributed by atoms with E-state index >= 15 is 0 Å². The van der Waals surface area contributed by atoms with E-state index in [1.54, 1.807) is 17.1 Å². The smallest absolute Gasteiger partial charge is 0.142 e. The van der Waals surface area contributed by atoms with Crippen molar-refractivity contribution in [2.75, 3.05) is 5.73 Å². The number of nitrogen functional groups attached to an aromatic ring is 1. The number of hydrogen-bond acceptors (Lipinski definition) is 3. The quantitative estimate of drug-likeness (QED) is 0.777. The molecule has 0 saturated carbocycles. The van der Waals surface area contributed by atoms with Crippen LogP contribution in [0.1, 0.15) is 5.56 Å². The number of halogens is 1. The summed E-state index contributed by atoms with van der Waals surface area (Å²) < 4.78 is 14.9. The summed E-state index contributed by atoms with van der Waals surface area (Å²) in [5, 5.41) is 4.44. The van der Waals surface area contributed by atoms with Gasteiger partial charge in [-0.25, -0.2) is 9.07 Å². The molecule has 3 rings (SSSR count). The van der Waals surface area contributed by atoms with E-state index in [2.05, 4.69) is 10.1 Å². The summed E-state index contributed by atoms with van der Waals surface area (Å²) >= 11 is 0. The summed E-state index contributed by atoms with van der Waals surface area (Å²) in [6.45, 7) is 2.00. The van der Waals surface area contributed by atoms with E-state index in [9.17, 15) is 4.39 Å². The van der Waals surface area contributed by atoms with Crippen LogP contribution in [0.2, 0.25) is 0 Å². The lowest BCUT2D eigenvalue weighted by Gasteiger charge is -2.04. The molecule has 0 unspecified atom stereocenters. The predicted octanol–water partition coefficient (Wildman–Crippen LogP) is 2.96. The highest BCUT2D eigenvalue weighted by molar-refractivity contribution is 5.71. The second kappa shape index (κ2) is 4.77. The summed E-state index contributed by atoms with van der Waals surface area (Å²) in [4.78, 5) is 3.82. The third-order valence-electron chi connectivity index (χ3n) is 3.08. The van der Waals surface area contributed by atoms with Crippen molar-refractivity contribution in [1.29, 1.82) is 0 Å². The molecule has 0 bridgehead atoms. The van der Waals surface area contributed by atoms with Crippen LogP contribution in [0, 0.1) is 12.7 Å². The number of para-hydroxylation sites is 1. The first kappa shape index (κ1) is 12.3. The van der Waals surface area contributed by atoms with Gasteiger partial charge in [-0.05, 0) is 24.6 Å². The Hall–Kier alpha value is -2.69. The van der Waals surface area contributed by atoms with E-state index in [4.69, 9.17) is 5.73 Å². The van der Waals surface area contributed by atoms with Crippen LogP contribution in [0.4, 0.5) is 10.1 Å². The molecule has 100 valence electrons. The molecule has 1 aromatic carbocycles. The molecular formula is C15H13FN4. The third-order valence-corrected chi connectivity index (χ3v) is 3.08. The van der Waals surface area contributed by atoms with Crippen LogP contribution in [0.5, 0.6) is 0 Å². The van der Waals surface area contributed by atoms with Crippen LogP contribution in [0.3, 0.4) is 0 Å². The van der Waals surface area contributed by atoms with Gasteiger partial charge in [0.05, 0.1) is 23.8 Å². The Morgan fingerprint density at radius 3 is 2.75 bits per heavy atom. The average Bonchev–Trinajstić information content (AvgIpc) is 2.81. The van der Waals surface area contributed by atoms with Crippen molar-refractivity contribution in [2.45, 2.75) is 6.92 Å². The second-order valence-corrected chi connectivity index (χ2v) is 4.56. The van der Waals surface area contributed by atoms with Gasteiger partial charge in [-0.2, -0.15) is 5.10 Å². The van der Waals surface area contributed by atoms with Crippen LogP contribution in [0.15, 0.2) is 48.9 Å². The van der Waals surface area contributed by atoms with E-state index in [-0.39, 0.29) is 0 Å². The normalized spacial score (nSPS) is 10.7. The molecule has 2 N–H and O–H groups in total. The number of anilines is 1. The average molecular weight is 268 g/mol. The van der Waals surface area contributed by atoms with Gasteiger partial charge < -0.3 is 5.73 Å². The van der Waals surface area contributed by atoms with Crippen LogP contribution >= 0.6 is 0 Å². The zero-order chi connectivity index (χ0) is 14.1. The first-order chi connectivity index (χ1) is 9.65. The van der Waals surface area contributed by atoms with E-state index in [1.807, 2.05) is 31.2 Å². The molecule has 5 heteroatoms. The lowest BCUT2D eigenvalue weighted by Crippen LogP contribution is -1.97. The minimum Gasteiger partial charge on any atom is -0.396 e. The van der Waals surface area contributed by atoms with Gasteiger partial charge in [0, 0.05) is 11.8 Å². The van der Waals surface area contributed by atoms with Gasteiger partial charge >= 0.3 is 0 Å². The molecule has 0 amide bonds. The number of benzene rings is 1.